The molecule has 2 rings (SSSR count). The molecule has 1 heterocycles. The summed E-state index contributed by atoms with van der Waals surface area (Å²) in [7, 11) is 0. The summed E-state index contributed by atoms with van der Waals surface area (Å²) in [5, 5.41) is 2.63. The van der Waals surface area contributed by atoms with E-state index in [1.54, 1.807) is 29.2 Å². The fourth-order valence-corrected chi connectivity index (χ4v) is 2.73. The van der Waals surface area contributed by atoms with Gasteiger partial charge in [0.1, 0.15) is 6.04 Å². The van der Waals surface area contributed by atoms with Gasteiger partial charge in [0.2, 0.25) is 17.7 Å². The lowest BCUT2D eigenvalue weighted by molar-refractivity contribution is -0.137. The quantitative estimate of drug-likeness (QED) is 0.852. The zero-order chi connectivity index (χ0) is 16.7. The van der Waals surface area contributed by atoms with Gasteiger partial charge in [-0.1, -0.05) is 43.2 Å². The molecule has 0 bridgehead atoms. The van der Waals surface area contributed by atoms with Crippen molar-refractivity contribution < 1.29 is 14.4 Å². The van der Waals surface area contributed by atoms with Gasteiger partial charge in [0, 0.05) is 13.0 Å². The molecule has 0 aliphatic carbocycles. The van der Waals surface area contributed by atoms with Crippen LogP contribution >= 0.6 is 0 Å². The second-order valence-corrected chi connectivity index (χ2v) is 5.79. The van der Waals surface area contributed by atoms with Crippen LogP contribution in [0.5, 0.6) is 0 Å². The normalized spacial score (nSPS) is 17.0. The SMILES string of the molecule is NC(=O)C(NC(=O)CN1CCCCCCC1=O)c1ccccc1. The summed E-state index contributed by atoms with van der Waals surface area (Å²) in [6.45, 7) is 0.550. The van der Waals surface area contributed by atoms with Crippen LogP contribution < -0.4 is 11.1 Å². The molecule has 1 aliphatic rings. The van der Waals surface area contributed by atoms with Crippen LogP contribution in [0.25, 0.3) is 0 Å². The third-order valence-corrected chi connectivity index (χ3v) is 3.98. The molecule has 23 heavy (non-hydrogen) atoms. The predicted molar refractivity (Wildman–Crippen MR) is 86.2 cm³/mol. The van der Waals surface area contributed by atoms with E-state index >= 15 is 0 Å². The summed E-state index contributed by atoms with van der Waals surface area (Å²) in [6.07, 6.45) is 4.37. The number of carbonyl (C=O) groups is 3. The van der Waals surface area contributed by atoms with Gasteiger partial charge in [0.15, 0.2) is 0 Å². The van der Waals surface area contributed by atoms with Crippen molar-refractivity contribution in [3.63, 3.8) is 0 Å². The third kappa shape index (κ3) is 5.09. The lowest BCUT2D eigenvalue weighted by atomic mass is 10.1. The summed E-state index contributed by atoms with van der Waals surface area (Å²) in [6, 6.07) is 7.96. The van der Waals surface area contributed by atoms with Crippen LogP contribution in [0, 0.1) is 0 Å². The van der Waals surface area contributed by atoms with E-state index in [-0.39, 0.29) is 18.4 Å². The molecule has 1 unspecified atom stereocenters. The molecule has 6 heteroatoms. The van der Waals surface area contributed by atoms with Crippen molar-refractivity contribution in [2.75, 3.05) is 13.1 Å². The Labute approximate surface area is 136 Å². The van der Waals surface area contributed by atoms with E-state index < -0.39 is 11.9 Å². The van der Waals surface area contributed by atoms with Gasteiger partial charge in [-0.25, -0.2) is 0 Å². The molecule has 0 saturated carbocycles. The minimum Gasteiger partial charge on any atom is -0.368 e. The van der Waals surface area contributed by atoms with Crippen LogP contribution in [0.15, 0.2) is 30.3 Å². The Kier molecular flexibility index (Phi) is 6.14. The van der Waals surface area contributed by atoms with Crippen LogP contribution in [0.2, 0.25) is 0 Å². The zero-order valence-corrected chi connectivity index (χ0v) is 13.2. The van der Waals surface area contributed by atoms with Gasteiger partial charge >= 0.3 is 0 Å². The molecule has 1 aromatic carbocycles. The molecule has 3 amide bonds. The first-order valence-corrected chi connectivity index (χ1v) is 7.99. The second-order valence-electron chi connectivity index (χ2n) is 5.79. The number of carbonyl (C=O) groups excluding carboxylic acids is 3. The van der Waals surface area contributed by atoms with E-state index in [0.717, 1.165) is 25.7 Å². The van der Waals surface area contributed by atoms with Gasteiger partial charge in [-0.05, 0) is 18.4 Å². The number of likely N-dealkylation sites (tertiary alicyclic amines) is 1. The smallest absolute Gasteiger partial charge is 0.244 e. The first kappa shape index (κ1) is 17.0. The monoisotopic (exact) mass is 317 g/mol. The van der Waals surface area contributed by atoms with Crippen molar-refractivity contribution in [1.29, 1.82) is 0 Å². The van der Waals surface area contributed by atoms with Gasteiger partial charge < -0.3 is 16.0 Å². The van der Waals surface area contributed by atoms with E-state index in [0.29, 0.717) is 18.5 Å². The summed E-state index contributed by atoms with van der Waals surface area (Å²) in [4.78, 5) is 37.5. The van der Waals surface area contributed by atoms with Gasteiger partial charge in [0.05, 0.1) is 6.54 Å². The number of primary amides is 1. The Morgan fingerprint density at radius 2 is 1.83 bits per heavy atom. The molecule has 124 valence electrons. The molecular formula is C17H23N3O3. The Hall–Kier alpha value is -2.37. The van der Waals surface area contributed by atoms with Crippen molar-refractivity contribution in [3.05, 3.63) is 35.9 Å². The average molecular weight is 317 g/mol. The topological polar surface area (TPSA) is 92.5 Å². The minimum atomic E-state index is -0.881. The van der Waals surface area contributed by atoms with Gasteiger partial charge in [-0.3, -0.25) is 14.4 Å². The van der Waals surface area contributed by atoms with Crippen LogP contribution in [-0.4, -0.2) is 35.7 Å². The molecular weight excluding hydrogens is 294 g/mol. The first-order chi connectivity index (χ1) is 11.1. The number of nitrogens with one attached hydrogen (secondary N) is 1. The Bertz CT molecular complexity index is 559. The Morgan fingerprint density at radius 1 is 1.13 bits per heavy atom. The fraction of sp³-hybridized carbons (Fsp3) is 0.471. The highest BCUT2D eigenvalue weighted by atomic mass is 16.2. The highest BCUT2D eigenvalue weighted by molar-refractivity contribution is 5.90. The molecule has 1 saturated heterocycles. The summed E-state index contributed by atoms with van der Waals surface area (Å²) in [5.74, 6) is -0.995. The molecule has 6 nitrogen and oxygen atoms in total. The van der Waals surface area contributed by atoms with Crippen molar-refractivity contribution in [2.45, 2.75) is 38.1 Å². The van der Waals surface area contributed by atoms with E-state index in [2.05, 4.69) is 5.32 Å². The van der Waals surface area contributed by atoms with Crippen molar-refractivity contribution in [1.82, 2.24) is 10.2 Å². The number of nitrogens with two attached hydrogens (primary N) is 1. The highest BCUT2D eigenvalue weighted by Gasteiger charge is 2.23. The van der Waals surface area contributed by atoms with Crippen LogP contribution in [0.1, 0.15) is 43.7 Å². The number of nitrogens with zero attached hydrogens (tertiary/aromatic N) is 1. The largest absolute Gasteiger partial charge is 0.368 e. The van der Waals surface area contributed by atoms with E-state index in [1.807, 2.05) is 6.07 Å². The zero-order valence-electron chi connectivity index (χ0n) is 13.2. The molecule has 0 aromatic heterocycles. The standard InChI is InChI=1S/C17H23N3O3/c18-17(23)16(13-8-4-3-5-9-13)19-14(21)12-20-11-7-2-1-6-10-15(20)22/h3-5,8-9,16H,1-2,6-7,10-12H2,(H2,18,23)(H,19,21). The van der Waals surface area contributed by atoms with Crippen LogP contribution in [0.3, 0.4) is 0 Å². The lowest BCUT2D eigenvalue weighted by Gasteiger charge is -2.25. The molecule has 0 radical (unpaired) electrons. The molecule has 1 fully saturated rings. The maximum Gasteiger partial charge on any atom is 0.244 e. The van der Waals surface area contributed by atoms with Gasteiger partial charge in [-0.15, -0.1) is 0 Å². The molecule has 3 N–H and O–H groups in total. The first-order valence-electron chi connectivity index (χ1n) is 7.99. The van der Waals surface area contributed by atoms with E-state index in [4.69, 9.17) is 5.73 Å². The minimum absolute atomic E-state index is 0.00446. The molecule has 1 aromatic rings. The number of rotatable bonds is 5. The predicted octanol–water partition coefficient (Wildman–Crippen LogP) is 1.12. The third-order valence-electron chi connectivity index (χ3n) is 3.98. The molecule has 0 spiro atoms. The van der Waals surface area contributed by atoms with E-state index in [1.165, 1.54) is 0 Å². The van der Waals surface area contributed by atoms with Crippen molar-refractivity contribution >= 4 is 17.7 Å². The molecule has 1 atom stereocenters. The Balaban J connectivity index is 1.98. The number of benzene rings is 1. The van der Waals surface area contributed by atoms with Crippen LogP contribution in [-0.2, 0) is 14.4 Å². The second kappa shape index (κ2) is 8.31. The lowest BCUT2D eigenvalue weighted by Crippen LogP contribution is -2.45. The number of hydrogen-bond donors (Lipinski definition) is 2. The van der Waals surface area contributed by atoms with Gasteiger partial charge in [0.25, 0.3) is 0 Å². The molecule has 1 aliphatic heterocycles. The maximum atomic E-state index is 12.2. The van der Waals surface area contributed by atoms with Crippen molar-refractivity contribution in [2.24, 2.45) is 5.73 Å². The van der Waals surface area contributed by atoms with Crippen LogP contribution in [0.4, 0.5) is 0 Å². The van der Waals surface area contributed by atoms with E-state index in [9.17, 15) is 14.4 Å². The van der Waals surface area contributed by atoms with Gasteiger partial charge in [-0.2, -0.15) is 0 Å². The summed E-state index contributed by atoms with van der Waals surface area (Å²) in [5.41, 5.74) is 6.02. The average Bonchev–Trinajstić information content (AvgIpc) is 2.53. The number of hydrogen-bond acceptors (Lipinski definition) is 3. The Morgan fingerprint density at radius 3 is 2.52 bits per heavy atom. The maximum absolute atomic E-state index is 12.2. The summed E-state index contributed by atoms with van der Waals surface area (Å²) < 4.78 is 0. The van der Waals surface area contributed by atoms with Crippen molar-refractivity contribution in [3.8, 4) is 0 Å². The highest BCUT2D eigenvalue weighted by Crippen LogP contribution is 2.13. The number of amides is 3. The summed E-state index contributed by atoms with van der Waals surface area (Å²) >= 11 is 0. The fourth-order valence-electron chi connectivity index (χ4n) is 2.73.